The van der Waals surface area contributed by atoms with E-state index in [1.165, 1.54) is 167 Å². The molecule has 0 saturated carbocycles. The van der Waals surface area contributed by atoms with E-state index in [1.54, 1.807) is 0 Å². The van der Waals surface area contributed by atoms with Gasteiger partial charge in [-0.1, -0.05) is 174 Å². The van der Waals surface area contributed by atoms with Crippen LogP contribution in [0.2, 0.25) is 0 Å². The molecule has 0 aliphatic heterocycles. The minimum Gasteiger partial charge on any atom is -0.105 e. The maximum absolute atomic E-state index is 5.75. The van der Waals surface area contributed by atoms with Gasteiger partial charge in [-0.05, 0) is 6.42 Å². The predicted molar refractivity (Wildman–Crippen MR) is 146 cm³/mol. The fourth-order valence-corrected chi connectivity index (χ4v) is 4.92. The molecule has 0 heterocycles. The molecule has 0 aromatic carbocycles. The second-order valence-corrected chi connectivity index (χ2v) is 11.3. The summed E-state index contributed by atoms with van der Waals surface area (Å²) in [5.41, 5.74) is 0. The molecule has 0 N–H and O–H groups in total. The summed E-state index contributed by atoms with van der Waals surface area (Å²) in [6.07, 6.45) is 38.4. The lowest BCUT2D eigenvalue weighted by molar-refractivity contribution is 0.515. The van der Waals surface area contributed by atoms with Crippen LogP contribution < -0.4 is 0 Å². The summed E-state index contributed by atoms with van der Waals surface area (Å²) in [6.45, 7) is 2.30. The maximum atomic E-state index is 5.75. The first-order chi connectivity index (χ1) is 15.3. The van der Waals surface area contributed by atoms with Crippen molar-refractivity contribution >= 4 is 23.2 Å². The molecule has 2 heteroatoms. The zero-order chi connectivity index (χ0) is 22.7. The Kier molecular flexibility index (Phi) is 29.1. The van der Waals surface area contributed by atoms with Crippen LogP contribution in [0.15, 0.2) is 0 Å². The summed E-state index contributed by atoms with van der Waals surface area (Å²) in [7, 11) is 0. The van der Waals surface area contributed by atoms with Crippen molar-refractivity contribution in [3.8, 4) is 0 Å². The van der Waals surface area contributed by atoms with E-state index in [2.05, 4.69) is 6.92 Å². The molecule has 0 bridgehead atoms. The smallest absolute Gasteiger partial charge is 0.105 e. The third-order valence-corrected chi connectivity index (χ3v) is 7.21. The first kappa shape index (κ1) is 31.6. The molecule has 0 unspecified atom stereocenters. The van der Waals surface area contributed by atoms with Crippen molar-refractivity contribution in [2.45, 2.75) is 185 Å². The highest BCUT2D eigenvalue weighted by Crippen LogP contribution is 2.17. The molecule has 0 amide bonds. The molecular formula is C29H58Cl2. The van der Waals surface area contributed by atoms with Crippen LogP contribution in [-0.4, -0.2) is 4.84 Å². The van der Waals surface area contributed by atoms with E-state index >= 15 is 0 Å². The standard InChI is InChI=1S/C29H58Cl2/c1-2-3-4-5-6-7-8-9-10-11-12-13-14-15-16-17-18-19-20-21-22-23-24-25-26-27-28-29(30)31/h29H,2-28H2,1H3. The largest absolute Gasteiger partial charge is 0.107 e. The molecule has 31 heavy (non-hydrogen) atoms. The highest BCUT2D eigenvalue weighted by molar-refractivity contribution is 6.44. The van der Waals surface area contributed by atoms with Gasteiger partial charge in [0.2, 0.25) is 0 Å². The Hall–Kier alpha value is 0.580. The van der Waals surface area contributed by atoms with Crippen LogP contribution in [0.5, 0.6) is 0 Å². The number of alkyl halides is 2. The van der Waals surface area contributed by atoms with Crippen LogP contribution in [0.3, 0.4) is 0 Å². The number of hydrogen-bond acceptors (Lipinski definition) is 0. The van der Waals surface area contributed by atoms with Gasteiger partial charge in [0.15, 0.2) is 0 Å². The van der Waals surface area contributed by atoms with Crippen molar-refractivity contribution in [1.29, 1.82) is 0 Å². The van der Waals surface area contributed by atoms with Gasteiger partial charge >= 0.3 is 0 Å². The Morgan fingerprint density at radius 1 is 0.323 bits per heavy atom. The summed E-state index contributed by atoms with van der Waals surface area (Å²) in [6, 6.07) is 0. The fourth-order valence-electron chi connectivity index (χ4n) is 4.61. The van der Waals surface area contributed by atoms with Crippen molar-refractivity contribution in [1.82, 2.24) is 0 Å². The summed E-state index contributed by atoms with van der Waals surface area (Å²) >= 11 is 11.5. The first-order valence-electron chi connectivity index (χ1n) is 14.6. The fraction of sp³-hybridized carbons (Fsp3) is 1.00. The normalized spacial score (nSPS) is 11.6. The van der Waals surface area contributed by atoms with Gasteiger partial charge in [0.1, 0.15) is 4.84 Å². The molecule has 0 aliphatic rings. The Balaban J connectivity index is 2.99. The highest BCUT2D eigenvalue weighted by Gasteiger charge is 1.98. The zero-order valence-corrected chi connectivity index (χ0v) is 22.9. The topological polar surface area (TPSA) is 0 Å². The quantitative estimate of drug-likeness (QED) is 0.0815. The monoisotopic (exact) mass is 476 g/mol. The second-order valence-electron chi connectivity index (χ2n) is 10.0. The Morgan fingerprint density at radius 2 is 0.516 bits per heavy atom. The number of halogens is 2. The van der Waals surface area contributed by atoms with Gasteiger partial charge in [0.25, 0.3) is 0 Å². The van der Waals surface area contributed by atoms with Gasteiger partial charge in [-0.15, -0.1) is 23.2 Å². The predicted octanol–water partition coefficient (Wildman–Crippen LogP) is 12.3. The molecule has 0 aromatic rings. The molecule has 0 aromatic heterocycles. The molecule has 0 saturated heterocycles. The number of rotatable bonds is 27. The summed E-state index contributed by atoms with van der Waals surface area (Å²) < 4.78 is 0. The van der Waals surface area contributed by atoms with Gasteiger partial charge in [0, 0.05) is 0 Å². The van der Waals surface area contributed by atoms with Crippen LogP contribution in [0, 0.1) is 0 Å². The van der Waals surface area contributed by atoms with E-state index in [9.17, 15) is 0 Å². The van der Waals surface area contributed by atoms with E-state index in [-0.39, 0.29) is 4.84 Å². The van der Waals surface area contributed by atoms with Crippen molar-refractivity contribution < 1.29 is 0 Å². The van der Waals surface area contributed by atoms with E-state index < -0.39 is 0 Å². The zero-order valence-electron chi connectivity index (χ0n) is 21.4. The van der Waals surface area contributed by atoms with Crippen LogP contribution in [0.1, 0.15) is 180 Å². The van der Waals surface area contributed by atoms with Gasteiger partial charge in [-0.2, -0.15) is 0 Å². The lowest BCUT2D eigenvalue weighted by atomic mass is 10.0. The summed E-state index contributed by atoms with van der Waals surface area (Å²) in [5, 5.41) is 0. The molecular weight excluding hydrogens is 419 g/mol. The second kappa shape index (κ2) is 28.6. The first-order valence-corrected chi connectivity index (χ1v) is 15.4. The summed E-state index contributed by atoms with van der Waals surface area (Å²) in [4.78, 5) is -0.158. The lowest BCUT2D eigenvalue weighted by Gasteiger charge is -2.04. The number of unbranched alkanes of at least 4 members (excludes halogenated alkanes) is 25. The molecule has 0 nitrogen and oxygen atoms in total. The van der Waals surface area contributed by atoms with Crippen molar-refractivity contribution in [3.63, 3.8) is 0 Å². The van der Waals surface area contributed by atoms with E-state index in [4.69, 9.17) is 23.2 Å². The SMILES string of the molecule is CCCCCCCCCCCCCCCCCCCCCCCCCCCCC(Cl)Cl. The van der Waals surface area contributed by atoms with Crippen molar-refractivity contribution in [2.75, 3.05) is 0 Å². The highest BCUT2D eigenvalue weighted by atomic mass is 35.5. The Bertz CT molecular complexity index is 303. The Morgan fingerprint density at radius 3 is 0.710 bits per heavy atom. The minimum atomic E-state index is -0.158. The third-order valence-electron chi connectivity index (χ3n) is 6.78. The molecule has 0 spiro atoms. The van der Waals surface area contributed by atoms with Crippen molar-refractivity contribution in [2.24, 2.45) is 0 Å². The van der Waals surface area contributed by atoms with E-state index in [0.29, 0.717) is 0 Å². The summed E-state index contributed by atoms with van der Waals surface area (Å²) in [5.74, 6) is 0. The Labute approximate surface area is 208 Å². The van der Waals surface area contributed by atoms with Crippen LogP contribution >= 0.6 is 23.2 Å². The van der Waals surface area contributed by atoms with Crippen LogP contribution in [-0.2, 0) is 0 Å². The number of hydrogen-bond donors (Lipinski definition) is 0. The molecule has 0 radical (unpaired) electrons. The lowest BCUT2D eigenvalue weighted by Crippen LogP contribution is -1.87. The van der Waals surface area contributed by atoms with Gasteiger partial charge in [-0.3, -0.25) is 0 Å². The maximum Gasteiger partial charge on any atom is 0.107 e. The average Bonchev–Trinajstić information content (AvgIpc) is 2.76. The average molecular weight is 478 g/mol. The van der Waals surface area contributed by atoms with E-state index in [0.717, 1.165) is 6.42 Å². The molecule has 0 rings (SSSR count). The van der Waals surface area contributed by atoms with Crippen LogP contribution in [0.25, 0.3) is 0 Å². The third kappa shape index (κ3) is 30.6. The molecule has 0 aliphatic carbocycles. The van der Waals surface area contributed by atoms with Gasteiger partial charge in [0.05, 0.1) is 0 Å². The van der Waals surface area contributed by atoms with Crippen LogP contribution in [0.4, 0.5) is 0 Å². The minimum absolute atomic E-state index is 0.158. The molecule has 188 valence electrons. The van der Waals surface area contributed by atoms with Gasteiger partial charge in [-0.25, -0.2) is 0 Å². The molecule has 0 fully saturated rings. The van der Waals surface area contributed by atoms with Crippen molar-refractivity contribution in [3.05, 3.63) is 0 Å². The van der Waals surface area contributed by atoms with E-state index in [1.807, 2.05) is 0 Å². The van der Waals surface area contributed by atoms with Gasteiger partial charge < -0.3 is 0 Å². The molecule has 0 atom stereocenters.